The zero-order valence-corrected chi connectivity index (χ0v) is 16.9. The number of carbonyl (C=O) groups is 1. The van der Waals surface area contributed by atoms with E-state index in [1.807, 2.05) is 31.2 Å². The van der Waals surface area contributed by atoms with Crippen LogP contribution >= 0.6 is 15.9 Å². The second-order valence-electron chi connectivity index (χ2n) is 5.94. The van der Waals surface area contributed by atoms with Gasteiger partial charge in [0.2, 0.25) is 5.78 Å². The van der Waals surface area contributed by atoms with Gasteiger partial charge in [-0.15, -0.1) is 0 Å². The Morgan fingerprint density at radius 2 is 2.00 bits per heavy atom. The van der Waals surface area contributed by atoms with Crippen molar-refractivity contribution >= 4 is 27.8 Å². The molecule has 5 nitrogen and oxygen atoms in total. The highest BCUT2D eigenvalue weighted by Crippen LogP contribution is 2.19. The third kappa shape index (κ3) is 4.77. The third-order valence-corrected chi connectivity index (χ3v) is 4.70. The molecule has 0 spiro atoms. The van der Waals surface area contributed by atoms with E-state index in [-0.39, 0.29) is 5.78 Å². The van der Waals surface area contributed by atoms with Crippen LogP contribution in [0.3, 0.4) is 0 Å². The van der Waals surface area contributed by atoms with E-state index in [0.29, 0.717) is 34.8 Å². The van der Waals surface area contributed by atoms with Gasteiger partial charge < -0.3 is 9.15 Å². The standard InChI is InChI=1S/C21H21BrN2O3/c1-3-15-5-7-16(8-6-15)26-14-18-10-9-17(27-18)11-12-20(25)21-19(22)13-23-24(21)4-2/h5-13H,3-4,14H2,1-2H3/b12-11+. The molecule has 0 bridgehead atoms. The Bertz CT molecular complexity index is 939. The van der Waals surface area contributed by atoms with Crippen LogP contribution in [0.1, 0.15) is 41.4 Å². The number of ether oxygens (including phenoxy) is 1. The molecule has 3 aromatic rings. The van der Waals surface area contributed by atoms with Gasteiger partial charge in [-0.1, -0.05) is 19.1 Å². The van der Waals surface area contributed by atoms with Crippen LogP contribution in [-0.4, -0.2) is 15.6 Å². The average molecular weight is 429 g/mol. The normalized spacial score (nSPS) is 11.2. The first-order chi connectivity index (χ1) is 13.1. The van der Waals surface area contributed by atoms with Gasteiger partial charge in [-0.25, -0.2) is 0 Å². The Morgan fingerprint density at radius 3 is 2.70 bits per heavy atom. The van der Waals surface area contributed by atoms with E-state index in [2.05, 4.69) is 40.1 Å². The minimum atomic E-state index is -0.133. The van der Waals surface area contributed by atoms with Gasteiger partial charge in [0.05, 0.1) is 10.7 Å². The number of carbonyl (C=O) groups excluding carboxylic acids is 1. The van der Waals surface area contributed by atoms with Crippen LogP contribution in [0.2, 0.25) is 0 Å². The van der Waals surface area contributed by atoms with Crippen molar-refractivity contribution in [3.8, 4) is 5.75 Å². The Hall–Kier alpha value is -2.60. The van der Waals surface area contributed by atoms with E-state index >= 15 is 0 Å². The summed E-state index contributed by atoms with van der Waals surface area (Å²) in [5, 5.41) is 4.15. The Labute approximate surface area is 166 Å². The lowest BCUT2D eigenvalue weighted by atomic mass is 10.2. The highest BCUT2D eigenvalue weighted by molar-refractivity contribution is 9.10. The molecule has 0 saturated heterocycles. The topological polar surface area (TPSA) is 57.3 Å². The van der Waals surface area contributed by atoms with Crippen LogP contribution < -0.4 is 4.74 Å². The SMILES string of the molecule is CCc1ccc(OCc2ccc(/C=C/C(=O)c3c(Br)cnn3CC)o2)cc1. The molecular formula is C21H21BrN2O3. The first-order valence-electron chi connectivity index (χ1n) is 8.84. The summed E-state index contributed by atoms with van der Waals surface area (Å²) in [6, 6.07) is 11.7. The number of hydrogen-bond donors (Lipinski definition) is 0. The van der Waals surface area contributed by atoms with Crippen molar-refractivity contribution in [3.63, 3.8) is 0 Å². The molecule has 0 saturated carbocycles. The van der Waals surface area contributed by atoms with Crippen LogP contribution in [-0.2, 0) is 19.6 Å². The summed E-state index contributed by atoms with van der Waals surface area (Å²) in [5.74, 6) is 1.96. The van der Waals surface area contributed by atoms with Crippen LogP contribution in [0.25, 0.3) is 6.08 Å². The molecule has 2 aromatic heterocycles. The van der Waals surface area contributed by atoms with Gasteiger partial charge in [0.1, 0.15) is 29.6 Å². The molecule has 0 aliphatic rings. The second-order valence-corrected chi connectivity index (χ2v) is 6.80. The van der Waals surface area contributed by atoms with Crippen molar-refractivity contribution in [1.82, 2.24) is 9.78 Å². The van der Waals surface area contributed by atoms with Gasteiger partial charge >= 0.3 is 0 Å². The molecule has 0 aliphatic heterocycles. The lowest BCUT2D eigenvalue weighted by Crippen LogP contribution is -2.07. The molecule has 2 heterocycles. The minimum absolute atomic E-state index is 0.133. The maximum Gasteiger partial charge on any atom is 0.205 e. The second kappa shape index (κ2) is 8.86. The van der Waals surface area contributed by atoms with Gasteiger partial charge in [-0.05, 0) is 71.3 Å². The number of aryl methyl sites for hydroxylation is 2. The van der Waals surface area contributed by atoms with Crippen LogP contribution in [0, 0.1) is 0 Å². The highest BCUT2D eigenvalue weighted by Gasteiger charge is 2.14. The summed E-state index contributed by atoms with van der Waals surface area (Å²) in [6.45, 7) is 5.02. The molecule has 0 N–H and O–H groups in total. The summed E-state index contributed by atoms with van der Waals surface area (Å²) < 4.78 is 13.8. The Kier molecular flexibility index (Phi) is 6.29. The van der Waals surface area contributed by atoms with E-state index in [4.69, 9.17) is 9.15 Å². The summed E-state index contributed by atoms with van der Waals surface area (Å²) in [7, 11) is 0. The number of ketones is 1. The summed E-state index contributed by atoms with van der Waals surface area (Å²) in [6.07, 6.45) is 5.77. The largest absolute Gasteiger partial charge is 0.486 e. The van der Waals surface area contributed by atoms with Gasteiger partial charge in [-0.3, -0.25) is 9.48 Å². The fourth-order valence-corrected chi connectivity index (χ4v) is 3.11. The van der Waals surface area contributed by atoms with Crippen LogP contribution in [0.4, 0.5) is 0 Å². The number of aromatic nitrogens is 2. The van der Waals surface area contributed by atoms with Gasteiger partial charge in [-0.2, -0.15) is 5.10 Å². The molecule has 1 aromatic carbocycles. The molecule has 0 aliphatic carbocycles. The number of benzene rings is 1. The number of hydrogen-bond acceptors (Lipinski definition) is 4. The molecule has 0 radical (unpaired) electrons. The minimum Gasteiger partial charge on any atom is -0.486 e. The molecule has 0 unspecified atom stereocenters. The lowest BCUT2D eigenvalue weighted by molar-refractivity contribution is 0.103. The monoisotopic (exact) mass is 428 g/mol. The summed E-state index contributed by atoms with van der Waals surface area (Å²) >= 11 is 3.36. The Morgan fingerprint density at radius 1 is 1.22 bits per heavy atom. The van der Waals surface area contributed by atoms with Gasteiger partial charge in [0.25, 0.3) is 0 Å². The number of halogens is 1. The molecule has 0 atom stereocenters. The Balaban J connectivity index is 1.60. The lowest BCUT2D eigenvalue weighted by Gasteiger charge is -2.04. The van der Waals surface area contributed by atoms with E-state index in [1.54, 1.807) is 17.0 Å². The molecular weight excluding hydrogens is 408 g/mol. The van der Waals surface area contributed by atoms with Crippen LogP contribution in [0.15, 0.2) is 57.6 Å². The zero-order valence-electron chi connectivity index (χ0n) is 15.3. The predicted octanol–water partition coefficient (Wildman–Crippen LogP) is 5.30. The van der Waals surface area contributed by atoms with Crippen molar-refractivity contribution < 1.29 is 13.9 Å². The highest BCUT2D eigenvalue weighted by atomic mass is 79.9. The van der Waals surface area contributed by atoms with E-state index in [1.165, 1.54) is 11.6 Å². The smallest absolute Gasteiger partial charge is 0.205 e. The van der Waals surface area contributed by atoms with Crippen molar-refractivity contribution in [2.24, 2.45) is 0 Å². The number of allylic oxidation sites excluding steroid dienone is 1. The molecule has 6 heteroatoms. The molecule has 3 rings (SSSR count). The number of rotatable bonds is 8. The fourth-order valence-electron chi connectivity index (χ4n) is 2.62. The third-order valence-electron chi connectivity index (χ3n) is 4.12. The average Bonchev–Trinajstić information content (AvgIpc) is 3.31. The molecule has 0 amide bonds. The summed E-state index contributed by atoms with van der Waals surface area (Å²) in [5.41, 5.74) is 1.80. The maximum absolute atomic E-state index is 12.4. The van der Waals surface area contributed by atoms with Crippen molar-refractivity contribution in [2.75, 3.05) is 0 Å². The van der Waals surface area contributed by atoms with E-state index in [0.717, 1.165) is 12.2 Å². The fraction of sp³-hybridized carbons (Fsp3) is 0.238. The number of nitrogens with zero attached hydrogens (tertiary/aromatic N) is 2. The van der Waals surface area contributed by atoms with Crippen molar-refractivity contribution in [2.45, 2.75) is 33.4 Å². The van der Waals surface area contributed by atoms with Crippen LogP contribution in [0.5, 0.6) is 5.75 Å². The summed E-state index contributed by atoms with van der Waals surface area (Å²) in [4.78, 5) is 12.4. The van der Waals surface area contributed by atoms with Crippen molar-refractivity contribution in [3.05, 3.63) is 75.9 Å². The molecule has 140 valence electrons. The van der Waals surface area contributed by atoms with Gasteiger partial charge in [0.15, 0.2) is 0 Å². The molecule has 0 fully saturated rings. The van der Waals surface area contributed by atoms with Gasteiger partial charge in [0, 0.05) is 6.54 Å². The van der Waals surface area contributed by atoms with E-state index in [9.17, 15) is 4.79 Å². The van der Waals surface area contributed by atoms with Crippen molar-refractivity contribution in [1.29, 1.82) is 0 Å². The zero-order chi connectivity index (χ0) is 19.2. The quantitative estimate of drug-likeness (QED) is 0.360. The maximum atomic E-state index is 12.4. The van der Waals surface area contributed by atoms with E-state index < -0.39 is 0 Å². The predicted molar refractivity (Wildman–Crippen MR) is 108 cm³/mol. The number of furan rings is 1. The first kappa shape index (κ1) is 19.2. The first-order valence-corrected chi connectivity index (χ1v) is 9.64. The molecule has 27 heavy (non-hydrogen) atoms.